The van der Waals surface area contributed by atoms with Gasteiger partial charge in [-0.05, 0) is 56.2 Å². The molecule has 7 nitrogen and oxygen atoms in total. The maximum Gasteiger partial charge on any atom is 0.309 e. The molecule has 1 aliphatic carbocycles. The van der Waals surface area contributed by atoms with Crippen LogP contribution in [0.3, 0.4) is 0 Å². The normalized spacial score (nSPS) is 19.5. The quantitative estimate of drug-likeness (QED) is 0.593. The average Bonchev–Trinajstić information content (AvgIpc) is 2.72. The lowest BCUT2D eigenvalue weighted by Crippen LogP contribution is -2.28. The van der Waals surface area contributed by atoms with Gasteiger partial charge in [0.2, 0.25) is 10.0 Å². The third kappa shape index (κ3) is 6.54. The van der Waals surface area contributed by atoms with E-state index in [1.807, 2.05) is 0 Å². The summed E-state index contributed by atoms with van der Waals surface area (Å²) in [6.45, 7) is 3.58. The molecule has 1 saturated carbocycles. The van der Waals surface area contributed by atoms with Gasteiger partial charge < -0.3 is 10.1 Å². The molecule has 1 amide bonds. The van der Waals surface area contributed by atoms with Crippen molar-refractivity contribution < 1.29 is 22.7 Å². The van der Waals surface area contributed by atoms with Crippen molar-refractivity contribution in [1.82, 2.24) is 4.31 Å². The number of nitrogens with zero attached hydrogens (tertiary/aromatic N) is 1. The van der Waals surface area contributed by atoms with E-state index < -0.39 is 15.9 Å². The highest BCUT2D eigenvalue weighted by molar-refractivity contribution is 7.89. The second-order valence-corrected chi connectivity index (χ2v) is 10.4. The molecule has 0 aromatic heterocycles. The van der Waals surface area contributed by atoms with Crippen LogP contribution in [0, 0.1) is 18.8 Å². The number of sulfonamides is 1. The Morgan fingerprint density at radius 1 is 1.17 bits per heavy atom. The Hall–Kier alpha value is -1.93. The van der Waals surface area contributed by atoms with Gasteiger partial charge in [0.05, 0.1) is 10.8 Å². The molecule has 1 aromatic carbocycles. The molecule has 0 saturated heterocycles. The number of hydrogen-bond donors (Lipinski definition) is 1. The third-order valence-corrected chi connectivity index (χ3v) is 7.56. The van der Waals surface area contributed by atoms with Crippen molar-refractivity contribution in [3.05, 3.63) is 23.8 Å². The maximum absolute atomic E-state index is 12.3. The van der Waals surface area contributed by atoms with Crippen LogP contribution in [0.5, 0.6) is 0 Å². The number of hydrogen-bond acceptors (Lipinski definition) is 5. The molecule has 0 spiro atoms. The minimum absolute atomic E-state index is 0.0882. The molecule has 30 heavy (non-hydrogen) atoms. The number of aryl methyl sites for hydroxylation is 1. The largest absolute Gasteiger partial charge is 0.455 e. The molecule has 2 rings (SSSR count). The fourth-order valence-corrected chi connectivity index (χ4v) is 4.66. The van der Waals surface area contributed by atoms with Crippen LogP contribution >= 0.6 is 0 Å². The Bertz CT molecular complexity index is 843. The van der Waals surface area contributed by atoms with E-state index in [1.54, 1.807) is 13.0 Å². The summed E-state index contributed by atoms with van der Waals surface area (Å²) >= 11 is 0. The van der Waals surface area contributed by atoms with E-state index in [1.165, 1.54) is 45.5 Å². The number of carbonyl (C=O) groups excluding carboxylic acids is 2. The fraction of sp³-hybridized carbons (Fsp3) is 0.636. The number of nitrogens with one attached hydrogen (secondary N) is 1. The van der Waals surface area contributed by atoms with Crippen molar-refractivity contribution in [2.75, 3.05) is 26.0 Å². The number of benzene rings is 1. The van der Waals surface area contributed by atoms with Crippen molar-refractivity contribution >= 4 is 27.6 Å². The Balaban J connectivity index is 1.87. The van der Waals surface area contributed by atoms with Gasteiger partial charge >= 0.3 is 5.97 Å². The topological polar surface area (TPSA) is 92.8 Å². The van der Waals surface area contributed by atoms with E-state index in [2.05, 4.69) is 12.2 Å². The van der Waals surface area contributed by atoms with Crippen LogP contribution in [0.4, 0.5) is 5.69 Å². The molecule has 0 unspecified atom stereocenters. The second-order valence-electron chi connectivity index (χ2n) is 8.28. The molecule has 1 fully saturated rings. The summed E-state index contributed by atoms with van der Waals surface area (Å²) in [6.07, 6.45) is 7.37. The molecule has 1 aliphatic rings. The number of esters is 1. The average molecular weight is 439 g/mol. The first kappa shape index (κ1) is 24.3. The molecule has 0 aliphatic heterocycles. The zero-order valence-electron chi connectivity index (χ0n) is 18.4. The maximum atomic E-state index is 12.3. The molecular formula is C22H34N2O5S. The van der Waals surface area contributed by atoms with Gasteiger partial charge in [-0.25, -0.2) is 12.7 Å². The van der Waals surface area contributed by atoms with Gasteiger partial charge in [0, 0.05) is 19.8 Å². The molecular weight excluding hydrogens is 404 g/mol. The predicted molar refractivity (Wildman–Crippen MR) is 117 cm³/mol. The van der Waals surface area contributed by atoms with Gasteiger partial charge in [0.1, 0.15) is 0 Å². The van der Waals surface area contributed by atoms with Crippen LogP contribution in [-0.4, -0.2) is 45.3 Å². The summed E-state index contributed by atoms with van der Waals surface area (Å²) in [5, 5.41) is 2.65. The van der Waals surface area contributed by atoms with Gasteiger partial charge in [-0.15, -0.1) is 0 Å². The monoisotopic (exact) mass is 438 g/mol. The third-order valence-electron chi connectivity index (χ3n) is 5.75. The molecule has 0 atom stereocenters. The Morgan fingerprint density at radius 2 is 1.83 bits per heavy atom. The highest BCUT2D eigenvalue weighted by Crippen LogP contribution is 2.32. The number of amides is 1. The highest BCUT2D eigenvalue weighted by atomic mass is 32.2. The summed E-state index contributed by atoms with van der Waals surface area (Å²) in [5.74, 6) is -0.237. The number of ether oxygens (including phenoxy) is 1. The summed E-state index contributed by atoms with van der Waals surface area (Å²) < 4.78 is 30.9. The van der Waals surface area contributed by atoms with Gasteiger partial charge in [0.15, 0.2) is 6.61 Å². The van der Waals surface area contributed by atoms with E-state index in [0.29, 0.717) is 11.6 Å². The highest BCUT2D eigenvalue weighted by Gasteiger charge is 2.27. The van der Waals surface area contributed by atoms with E-state index in [0.717, 1.165) is 35.6 Å². The molecule has 168 valence electrons. The lowest BCUT2D eigenvalue weighted by molar-refractivity contribution is -0.152. The lowest BCUT2D eigenvalue weighted by atomic mass is 9.80. The van der Waals surface area contributed by atoms with E-state index in [9.17, 15) is 18.0 Å². The Labute approximate surface area is 180 Å². The van der Waals surface area contributed by atoms with Crippen molar-refractivity contribution in [3.63, 3.8) is 0 Å². The standard InChI is InChI=1S/C22H34N2O5S/c1-5-6-7-17-9-11-18(12-10-17)22(26)29-15-21(25)23-20-14-19(13-8-16(20)2)30(27,28)24(3)4/h8,13-14,17-18H,5-7,9-12,15H2,1-4H3,(H,23,25). The minimum atomic E-state index is -3.61. The second kappa shape index (κ2) is 10.9. The number of rotatable bonds is 9. The first-order chi connectivity index (χ1) is 14.1. The van der Waals surface area contributed by atoms with Gasteiger partial charge in [-0.2, -0.15) is 0 Å². The molecule has 8 heteroatoms. The van der Waals surface area contributed by atoms with Gasteiger partial charge in [-0.1, -0.05) is 32.3 Å². The van der Waals surface area contributed by atoms with Crippen LogP contribution in [0.2, 0.25) is 0 Å². The summed E-state index contributed by atoms with van der Waals surface area (Å²) in [5.41, 5.74) is 1.10. The van der Waals surface area contributed by atoms with Crippen molar-refractivity contribution in [3.8, 4) is 0 Å². The van der Waals surface area contributed by atoms with Crippen LogP contribution in [0.1, 0.15) is 57.4 Å². The SMILES string of the molecule is CCCCC1CCC(C(=O)OCC(=O)Nc2cc(S(=O)(=O)N(C)C)ccc2C)CC1. The fourth-order valence-electron chi connectivity index (χ4n) is 3.73. The van der Waals surface area contributed by atoms with E-state index in [-0.39, 0.29) is 23.4 Å². The van der Waals surface area contributed by atoms with E-state index >= 15 is 0 Å². The molecule has 1 N–H and O–H groups in total. The van der Waals surface area contributed by atoms with E-state index in [4.69, 9.17) is 4.74 Å². The van der Waals surface area contributed by atoms with Crippen molar-refractivity contribution in [2.24, 2.45) is 11.8 Å². The molecule has 1 aromatic rings. The Morgan fingerprint density at radius 3 is 2.43 bits per heavy atom. The van der Waals surface area contributed by atoms with Gasteiger partial charge in [0.25, 0.3) is 5.91 Å². The molecule has 0 heterocycles. The van der Waals surface area contributed by atoms with Crippen LogP contribution in [0.25, 0.3) is 0 Å². The predicted octanol–water partition coefficient (Wildman–Crippen LogP) is 3.72. The van der Waals surface area contributed by atoms with Gasteiger partial charge in [-0.3, -0.25) is 9.59 Å². The molecule has 0 radical (unpaired) electrons. The van der Waals surface area contributed by atoms with Crippen LogP contribution in [-0.2, 0) is 24.3 Å². The summed E-state index contributed by atoms with van der Waals surface area (Å²) in [6, 6.07) is 4.55. The number of unbranched alkanes of at least 4 members (excludes halogenated alkanes) is 1. The zero-order chi connectivity index (χ0) is 22.3. The van der Waals surface area contributed by atoms with Crippen molar-refractivity contribution in [2.45, 2.75) is 63.7 Å². The number of carbonyl (C=O) groups is 2. The van der Waals surface area contributed by atoms with Crippen molar-refractivity contribution in [1.29, 1.82) is 0 Å². The molecule has 0 bridgehead atoms. The summed E-state index contributed by atoms with van der Waals surface area (Å²) in [7, 11) is -0.709. The zero-order valence-corrected chi connectivity index (χ0v) is 19.3. The minimum Gasteiger partial charge on any atom is -0.455 e. The number of anilines is 1. The van der Waals surface area contributed by atoms with Crippen LogP contribution in [0.15, 0.2) is 23.1 Å². The first-order valence-electron chi connectivity index (χ1n) is 10.6. The smallest absolute Gasteiger partial charge is 0.309 e. The Kier molecular flexibility index (Phi) is 8.85. The first-order valence-corrected chi connectivity index (χ1v) is 12.1. The van der Waals surface area contributed by atoms with Crippen LogP contribution < -0.4 is 5.32 Å². The summed E-state index contributed by atoms with van der Waals surface area (Å²) in [4.78, 5) is 24.7. The lowest BCUT2D eigenvalue weighted by Gasteiger charge is -2.27.